The third-order valence-corrected chi connectivity index (χ3v) is 1.48. The number of benzene rings is 1. The lowest BCUT2D eigenvalue weighted by Crippen LogP contribution is -2.04. The fraction of sp³-hybridized carbons (Fsp3) is 0.250. The Hall–Kier alpha value is -1.09. The van der Waals surface area contributed by atoms with Gasteiger partial charge in [-0.1, -0.05) is 0 Å². The second kappa shape index (κ2) is 3.34. The van der Waals surface area contributed by atoms with Crippen LogP contribution in [0.25, 0.3) is 0 Å². The summed E-state index contributed by atoms with van der Waals surface area (Å²) in [6.45, 7) is 0.445. The molecule has 4 N–H and O–H groups in total. The van der Waals surface area contributed by atoms with Gasteiger partial charge in [-0.3, -0.25) is 0 Å². The van der Waals surface area contributed by atoms with Crippen LogP contribution in [0.3, 0.4) is 0 Å². The average molecular weight is 154 g/mol. The Bertz CT molecular complexity index is 248. The van der Waals surface area contributed by atoms with E-state index in [-0.39, 0.29) is 5.82 Å². The predicted molar refractivity (Wildman–Crippen MR) is 43.6 cm³/mol. The summed E-state index contributed by atoms with van der Waals surface area (Å²) in [5.74, 6) is -0.232. The molecule has 1 aromatic carbocycles. The second-order valence-corrected chi connectivity index (χ2v) is 2.39. The van der Waals surface area contributed by atoms with E-state index in [1.54, 1.807) is 6.07 Å². The van der Waals surface area contributed by atoms with Crippen molar-refractivity contribution in [2.45, 2.75) is 6.42 Å². The Labute approximate surface area is 65.0 Å². The lowest BCUT2D eigenvalue weighted by Gasteiger charge is -2.01. The number of halogens is 1. The van der Waals surface area contributed by atoms with Crippen molar-refractivity contribution in [3.05, 3.63) is 29.6 Å². The third kappa shape index (κ3) is 1.91. The fourth-order valence-corrected chi connectivity index (χ4v) is 0.942. The van der Waals surface area contributed by atoms with Gasteiger partial charge in [-0.05, 0) is 36.7 Å². The quantitative estimate of drug-likeness (QED) is 0.622. The summed E-state index contributed by atoms with van der Waals surface area (Å²) in [6, 6.07) is 4.51. The van der Waals surface area contributed by atoms with Gasteiger partial charge in [-0.25, -0.2) is 4.39 Å². The van der Waals surface area contributed by atoms with E-state index >= 15 is 0 Å². The highest BCUT2D eigenvalue weighted by Gasteiger charge is 1.99. The number of hydrogen-bond donors (Lipinski definition) is 2. The van der Waals surface area contributed by atoms with Gasteiger partial charge in [-0.2, -0.15) is 0 Å². The van der Waals surface area contributed by atoms with Crippen LogP contribution in [0.4, 0.5) is 10.1 Å². The SMILES string of the molecule is NCCc1cc(N)ccc1F. The van der Waals surface area contributed by atoms with Gasteiger partial charge in [0.1, 0.15) is 5.82 Å². The summed E-state index contributed by atoms with van der Waals surface area (Å²) in [5.41, 5.74) is 11.9. The lowest BCUT2D eigenvalue weighted by molar-refractivity contribution is 0.610. The Morgan fingerprint density at radius 3 is 2.73 bits per heavy atom. The Kier molecular flexibility index (Phi) is 2.44. The molecule has 0 aliphatic rings. The normalized spacial score (nSPS) is 10.0. The van der Waals surface area contributed by atoms with E-state index in [1.165, 1.54) is 12.1 Å². The first-order valence-corrected chi connectivity index (χ1v) is 3.48. The first kappa shape index (κ1) is 8.01. The molecule has 0 aliphatic carbocycles. The molecule has 1 aromatic rings. The summed E-state index contributed by atoms with van der Waals surface area (Å²) in [5, 5.41) is 0. The highest BCUT2D eigenvalue weighted by molar-refractivity contribution is 5.41. The zero-order chi connectivity index (χ0) is 8.27. The minimum absolute atomic E-state index is 0.232. The van der Waals surface area contributed by atoms with E-state index < -0.39 is 0 Å². The zero-order valence-electron chi connectivity index (χ0n) is 6.18. The van der Waals surface area contributed by atoms with Crippen LogP contribution in [-0.4, -0.2) is 6.54 Å². The van der Waals surface area contributed by atoms with Crippen molar-refractivity contribution in [3.8, 4) is 0 Å². The van der Waals surface area contributed by atoms with Crippen LogP contribution in [0.5, 0.6) is 0 Å². The summed E-state index contributed by atoms with van der Waals surface area (Å²) < 4.78 is 12.8. The molecule has 0 radical (unpaired) electrons. The standard InChI is InChI=1S/C8H11FN2/c9-8-2-1-7(11)5-6(8)3-4-10/h1-2,5H,3-4,10-11H2. The number of nitrogens with two attached hydrogens (primary N) is 2. The molecule has 0 amide bonds. The maximum absolute atomic E-state index is 12.8. The van der Waals surface area contributed by atoms with Crippen molar-refractivity contribution in [3.63, 3.8) is 0 Å². The number of rotatable bonds is 2. The predicted octanol–water partition coefficient (Wildman–Crippen LogP) is 0.909. The van der Waals surface area contributed by atoms with Crippen molar-refractivity contribution in [1.29, 1.82) is 0 Å². The van der Waals surface area contributed by atoms with Gasteiger partial charge in [0.2, 0.25) is 0 Å². The van der Waals surface area contributed by atoms with Crippen molar-refractivity contribution in [2.75, 3.05) is 12.3 Å². The fourth-order valence-electron chi connectivity index (χ4n) is 0.942. The molecule has 60 valence electrons. The minimum atomic E-state index is -0.232. The van der Waals surface area contributed by atoms with E-state index in [0.29, 0.717) is 24.2 Å². The Morgan fingerprint density at radius 1 is 1.36 bits per heavy atom. The lowest BCUT2D eigenvalue weighted by atomic mass is 10.1. The van der Waals surface area contributed by atoms with Crippen molar-refractivity contribution >= 4 is 5.69 Å². The third-order valence-electron chi connectivity index (χ3n) is 1.48. The maximum atomic E-state index is 12.8. The molecule has 0 fully saturated rings. The molecule has 3 heteroatoms. The highest BCUT2D eigenvalue weighted by atomic mass is 19.1. The number of hydrogen-bond acceptors (Lipinski definition) is 2. The van der Waals surface area contributed by atoms with Gasteiger partial charge >= 0.3 is 0 Å². The molecular weight excluding hydrogens is 143 g/mol. The molecule has 2 nitrogen and oxygen atoms in total. The molecule has 0 heterocycles. The largest absolute Gasteiger partial charge is 0.399 e. The van der Waals surface area contributed by atoms with Crippen molar-refractivity contribution < 1.29 is 4.39 Å². The van der Waals surface area contributed by atoms with E-state index in [4.69, 9.17) is 11.5 Å². The van der Waals surface area contributed by atoms with Crippen LogP contribution < -0.4 is 11.5 Å². The smallest absolute Gasteiger partial charge is 0.126 e. The summed E-state index contributed by atoms with van der Waals surface area (Å²) in [6.07, 6.45) is 0.539. The minimum Gasteiger partial charge on any atom is -0.399 e. The van der Waals surface area contributed by atoms with Crippen LogP contribution >= 0.6 is 0 Å². The summed E-state index contributed by atoms with van der Waals surface area (Å²) in [7, 11) is 0. The molecule has 0 saturated heterocycles. The van der Waals surface area contributed by atoms with Crippen molar-refractivity contribution in [2.24, 2.45) is 5.73 Å². The van der Waals surface area contributed by atoms with Crippen LogP contribution in [0.2, 0.25) is 0 Å². The average Bonchev–Trinajstić information content (AvgIpc) is 1.98. The summed E-state index contributed by atoms with van der Waals surface area (Å²) >= 11 is 0. The zero-order valence-corrected chi connectivity index (χ0v) is 6.18. The molecule has 0 aromatic heterocycles. The van der Waals surface area contributed by atoms with Crippen molar-refractivity contribution in [1.82, 2.24) is 0 Å². The van der Waals surface area contributed by atoms with Gasteiger partial charge in [-0.15, -0.1) is 0 Å². The molecule has 0 spiro atoms. The second-order valence-electron chi connectivity index (χ2n) is 2.39. The number of nitrogen functional groups attached to an aromatic ring is 1. The molecule has 0 saturated carbocycles. The van der Waals surface area contributed by atoms with Gasteiger partial charge in [0.05, 0.1) is 0 Å². The molecular formula is C8H11FN2. The van der Waals surface area contributed by atoms with Gasteiger partial charge in [0, 0.05) is 5.69 Å². The molecule has 1 rings (SSSR count). The Balaban J connectivity index is 2.93. The molecule has 0 bridgehead atoms. The van der Waals surface area contributed by atoms with Gasteiger partial charge in [0.25, 0.3) is 0 Å². The Morgan fingerprint density at radius 2 is 2.09 bits per heavy atom. The highest BCUT2D eigenvalue weighted by Crippen LogP contribution is 2.11. The first-order valence-electron chi connectivity index (χ1n) is 3.48. The van der Waals surface area contributed by atoms with E-state index in [2.05, 4.69) is 0 Å². The van der Waals surface area contributed by atoms with Gasteiger partial charge in [0.15, 0.2) is 0 Å². The van der Waals surface area contributed by atoms with Crippen LogP contribution in [0, 0.1) is 5.82 Å². The van der Waals surface area contributed by atoms with E-state index in [1.807, 2.05) is 0 Å². The van der Waals surface area contributed by atoms with E-state index in [9.17, 15) is 4.39 Å². The van der Waals surface area contributed by atoms with Crippen LogP contribution in [0.1, 0.15) is 5.56 Å². The van der Waals surface area contributed by atoms with Crippen LogP contribution in [-0.2, 0) is 6.42 Å². The summed E-state index contributed by atoms with van der Waals surface area (Å²) in [4.78, 5) is 0. The monoisotopic (exact) mass is 154 g/mol. The van der Waals surface area contributed by atoms with Gasteiger partial charge < -0.3 is 11.5 Å². The first-order chi connectivity index (χ1) is 5.24. The van der Waals surface area contributed by atoms with E-state index in [0.717, 1.165) is 0 Å². The topological polar surface area (TPSA) is 52.0 Å². The molecule has 0 aliphatic heterocycles. The maximum Gasteiger partial charge on any atom is 0.126 e. The molecule has 0 unspecified atom stereocenters. The molecule has 11 heavy (non-hydrogen) atoms. The number of anilines is 1. The molecule has 0 atom stereocenters. The van der Waals surface area contributed by atoms with Crippen LogP contribution in [0.15, 0.2) is 18.2 Å².